The number of aromatic nitrogens is 2. The first kappa shape index (κ1) is 16.8. The third kappa shape index (κ3) is 3.88. The molecule has 1 aliphatic heterocycles. The summed E-state index contributed by atoms with van der Waals surface area (Å²) in [5, 5.41) is 0. The van der Waals surface area contributed by atoms with Crippen molar-refractivity contribution >= 4 is 15.8 Å². The van der Waals surface area contributed by atoms with Crippen LogP contribution in [-0.4, -0.2) is 31.5 Å². The fraction of sp³-hybridized carbons (Fsp3) is 0.375. The van der Waals surface area contributed by atoms with Gasteiger partial charge in [0.2, 0.25) is 10.0 Å². The number of nitrogens with zero attached hydrogens (tertiary/aromatic N) is 3. The third-order valence-electron chi connectivity index (χ3n) is 3.86. The highest BCUT2D eigenvalue weighted by Gasteiger charge is 2.17. The van der Waals surface area contributed by atoms with Crippen molar-refractivity contribution in [2.75, 3.05) is 18.0 Å². The van der Waals surface area contributed by atoms with Gasteiger partial charge in [0, 0.05) is 24.8 Å². The standard InChI is InChI=1S/C16H19FN4O2S/c1-12-10-16(21-8-2-3-9-21)20-15(19-12)11-18-24(22,23)14-6-4-13(17)5-7-14/h4-7,10,18H,2-3,8-9,11H2,1H3. The maximum atomic E-state index is 12.9. The van der Waals surface area contributed by atoms with E-state index in [0.717, 1.165) is 49.6 Å². The van der Waals surface area contributed by atoms with Crippen LogP contribution in [0, 0.1) is 12.7 Å². The van der Waals surface area contributed by atoms with Gasteiger partial charge < -0.3 is 4.90 Å². The van der Waals surface area contributed by atoms with Crippen LogP contribution in [0.25, 0.3) is 0 Å². The van der Waals surface area contributed by atoms with Crippen LogP contribution in [0.4, 0.5) is 10.2 Å². The molecule has 0 bridgehead atoms. The van der Waals surface area contributed by atoms with Crippen molar-refractivity contribution in [1.82, 2.24) is 14.7 Å². The molecule has 8 heteroatoms. The first-order valence-corrected chi connectivity index (χ1v) is 9.27. The summed E-state index contributed by atoms with van der Waals surface area (Å²) >= 11 is 0. The Bertz CT molecular complexity index is 818. The maximum Gasteiger partial charge on any atom is 0.240 e. The quantitative estimate of drug-likeness (QED) is 0.893. The Labute approximate surface area is 140 Å². The molecule has 1 aromatic heterocycles. The molecule has 2 aromatic rings. The third-order valence-corrected chi connectivity index (χ3v) is 5.28. The second-order valence-electron chi connectivity index (χ2n) is 5.76. The molecule has 1 N–H and O–H groups in total. The van der Waals surface area contributed by atoms with Crippen molar-refractivity contribution in [2.45, 2.75) is 31.2 Å². The van der Waals surface area contributed by atoms with Gasteiger partial charge in [0.15, 0.2) is 0 Å². The Balaban J connectivity index is 1.75. The molecule has 2 heterocycles. The highest BCUT2D eigenvalue weighted by atomic mass is 32.2. The number of anilines is 1. The van der Waals surface area contributed by atoms with Crippen molar-refractivity contribution in [3.8, 4) is 0 Å². The average molecular weight is 350 g/mol. The molecule has 1 aromatic carbocycles. The van der Waals surface area contributed by atoms with Gasteiger partial charge in [0.05, 0.1) is 11.4 Å². The number of sulfonamides is 1. The number of hydrogen-bond acceptors (Lipinski definition) is 5. The molecule has 0 unspecified atom stereocenters. The van der Waals surface area contributed by atoms with E-state index in [9.17, 15) is 12.8 Å². The average Bonchev–Trinajstić information content (AvgIpc) is 3.07. The predicted molar refractivity (Wildman–Crippen MR) is 88.6 cm³/mol. The highest BCUT2D eigenvalue weighted by Crippen LogP contribution is 2.18. The normalized spacial score (nSPS) is 15.0. The van der Waals surface area contributed by atoms with E-state index in [1.54, 1.807) is 0 Å². The number of benzene rings is 1. The van der Waals surface area contributed by atoms with Gasteiger partial charge in [-0.1, -0.05) is 0 Å². The van der Waals surface area contributed by atoms with Crippen molar-refractivity contribution in [1.29, 1.82) is 0 Å². The predicted octanol–water partition coefficient (Wildman–Crippen LogP) is 2.00. The van der Waals surface area contributed by atoms with E-state index in [1.165, 1.54) is 12.1 Å². The highest BCUT2D eigenvalue weighted by molar-refractivity contribution is 7.89. The summed E-state index contributed by atoms with van der Waals surface area (Å²) in [5.74, 6) is 0.768. The molecule has 24 heavy (non-hydrogen) atoms. The fourth-order valence-corrected chi connectivity index (χ4v) is 3.64. The minimum absolute atomic E-state index is 0.0105. The number of nitrogens with one attached hydrogen (secondary N) is 1. The summed E-state index contributed by atoms with van der Waals surface area (Å²) in [7, 11) is -3.73. The van der Waals surface area contributed by atoms with Crippen LogP contribution < -0.4 is 9.62 Å². The Morgan fingerprint density at radius 2 is 1.83 bits per heavy atom. The molecule has 0 aliphatic carbocycles. The van der Waals surface area contributed by atoms with Crippen LogP contribution in [0.5, 0.6) is 0 Å². The molecule has 0 amide bonds. The van der Waals surface area contributed by atoms with Gasteiger partial charge in [-0.2, -0.15) is 0 Å². The summed E-state index contributed by atoms with van der Waals surface area (Å²) in [5.41, 5.74) is 0.794. The van der Waals surface area contributed by atoms with Crippen LogP contribution in [0.15, 0.2) is 35.2 Å². The Morgan fingerprint density at radius 1 is 1.17 bits per heavy atom. The molecular weight excluding hydrogens is 331 g/mol. The lowest BCUT2D eigenvalue weighted by Gasteiger charge is -2.17. The molecule has 3 rings (SSSR count). The second kappa shape index (κ2) is 6.82. The van der Waals surface area contributed by atoms with E-state index in [2.05, 4.69) is 19.6 Å². The largest absolute Gasteiger partial charge is 0.357 e. The number of rotatable bonds is 5. The van der Waals surface area contributed by atoms with Crippen LogP contribution >= 0.6 is 0 Å². The zero-order chi connectivity index (χ0) is 17.2. The monoisotopic (exact) mass is 350 g/mol. The van der Waals surface area contributed by atoms with E-state index in [1.807, 2.05) is 13.0 Å². The zero-order valence-electron chi connectivity index (χ0n) is 13.4. The zero-order valence-corrected chi connectivity index (χ0v) is 14.2. The van der Waals surface area contributed by atoms with Crippen molar-refractivity contribution in [3.05, 3.63) is 47.7 Å². The minimum atomic E-state index is -3.73. The van der Waals surface area contributed by atoms with Gasteiger partial charge in [-0.15, -0.1) is 0 Å². The van der Waals surface area contributed by atoms with Crippen LogP contribution in [0.3, 0.4) is 0 Å². The van der Waals surface area contributed by atoms with Crippen LogP contribution in [0.2, 0.25) is 0 Å². The molecule has 0 atom stereocenters. The summed E-state index contributed by atoms with van der Waals surface area (Å²) in [6.07, 6.45) is 2.27. The lowest BCUT2D eigenvalue weighted by atomic mass is 10.4. The number of hydrogen-bond donors (Lipinski definition) is 1. The minimum Gasteiger partial charge on any atom is -0.357 e. The topological polar surface area (TPSA) is 75.2 Å². The Morgan fingerprint density at radius 3 is 2.50 bits per heavy atom. The van der Waals surface area contributed by atoms with Crippen molar-refractivity contribution < 1.29 is 12.8 Å². The Hall–Kier alpha value is -2.06. The van der Waals surface area contributed by atoms with Gasteiger partial charge in [-0.25, -0.2) is 27.5 Å². The SMILES string of the molecule is Cc1cc(N2CCCC2)nc(CNS(=O)(=O)c2ccc(F)cc2)n1. The van der Waals surface area contributed by atoms with Gasteiger partial charge >= 0.3 is 0 Å². The maximum absolute atomic E-state index is 12.9. The first-order chi connectivity index (χ1) is 11.4. The van der Waals surface area contributed by atoms with E-state index < -0.39 is 15.8 Å². The van der Waals surface area contributed by atoms with E-state index in [0.29, 0.717) is 5.82 Å². The van der Waals surface area contributed by atoms with E-state index in [4.69, 9.17) is 0 Å². The second-order valence-corrected chi connectivity index (χ2v) is 7.52. The first-order valence-electron chi connectivity index (χ1n) is 7.79. The molecule has 1 fully saturated rings. The van der Waals surface area contributed by atoms with Crippen LogP contribution in [-0.2, 0) is 16.6 Å². The summed E-state index contributed by atoms with van der Waals surface area (Å²) < 4.78 is 39.9. The molecule has 1 aliphatic rings. The molecule has 128 valence electrons. The Kier molecular flexibility index (Phi) is 4.77. The fourth-order valence-electron chi connectivity index (χ4n) is 2.66. The molecule has 0 radical (unpaired) electrons. The summed E-state index contributed by atoms with van der Waals surface area (Å²) in [6.45, 7) is 3.76. The summed E-state index contributed by atoms with van der Waals surface area (Å²) in [6, 6.07) is 6.59. The van der Waals surface area contributed by atoms with E-state index >= 15 is 0 Å². The van der Waals surface area contributed by atoms with Crippen molar-refractivity contribution in [3.63, 3.8) is 0 Å². The van der Waals surface area contributed by atoms with Gasteiger partial charge in [-0.3, -0.25) is 0 Å². The van der Waals surface area contributed by atoms with E-state index in [-0.39, 0.29) is 11.4 Å². The van der Waals surface area contributed by atoms with Gasteiger partial charge in [0.1, 0.15) is 17.5 Å². The smallest absolute Gasteiger partial charge is 0.240 e. The molecule has 1 saturated heterocycles. The molecule has 0 spiro atoms. The molecule has 6 nitrogen and oxygen atoms in total. The lowest BCUT2D eigenvalue weighted by molar-refractivity contribution is 0.578. The summed E-state index contributed by atoms with van der Waals surface area (Å²) in [4.78, 5) is 10.9. The van der Waals surface area contributed by atoms with Gasteiger partial charge in [-0.05, 0) is 44.0 Å². The number of aryl methyl sites for hydroxylation is 1. The van der Waals surface area contributed by atoms with Gasteiger partial charge in [0.25, 0.3) is 0 Å². The van der Waals surface area contributed by atoms with Crippen LogP contribution in [0.1, 0.15) is 24.4 Å². The lowest BCUT2D eigenvalue weighted by Crippen LogP contribution is -2.26. The molecule has 0 saturated carbocycles. The number of halogens is 1. The molecular formula is C16H19FN4O2S. The van der Waals surface area contributed by atoms with Crippen molar-refractivity contribution in [2.24, 2.45) is 0 Å².